The molecule has 206 valence electrons. The van der Waals surface area contributed by atoms with Gasteiger partial charge in [0.25, 0.3) is 11.8 Å². The van der Waals surface area contributed by atoms with Crippen molar-refractivity contribution in [2.24, 2.45) is 12.2 Å². The zero-order chi connectivity index (χ0) is 28.5. The number of nitrogen functional groups attached to an aromatic ring is 1. The summed E-state index contributed by atoms with van der Waals surface area (Å²) in [7, 11) is 1.89. The Morgan fingerprint density at radius 3 is 2.58 bits per heavy atom. The zero-order valence-electron chi connectivity index (χ0n) is 21.9. The van der Waals surface area contributed by atoms with Crippen molar-refractivity contribution in [1.82, 2.24) is 15.2 Å². The van der Waals surface area contributed by atoms with Crippen molar-refractivity contribution in [2.45, 2.75) is 35.8 Å². The van der Waals surface area contributed by atoms with E-state index in [-0.39, 0.29) is 46.1 Å². The number of aliphatic carboxylic acids is 2. The minimum absolute atomic E-state index is 0. The van der Waals surface area contributed by atoms with Gasteiger partial charge in [-0.25, -0.2) is 9.55 Å². The predicted octanol–water partition coefficient (Wildman–Crippen LogP) is -5.00. The second-order valence-corrected chi connectivity index (χ2v) is 12.0. The first-order valence-corrected chi connectivity index (χ1v) is 14.3. The molecule has 4 rings (SSSR count). The average Bonchev–Trinajstić information content (AvgIpc) is 3.31. The van der Waals surface area contributed by atoms with Gasteiger partial charge in [-0.3, -0.25) is 14.5 Å². The van der Waals surface area contributed by atoms with Crippen LogP contribution in [0.2, 0.25) is 0 Å². The van der Waals surface area contributed by atoms with Crippen LogP contribution in [0.15, 0.2) is 51.2 Å². The van der Waals surface area contributed by atoms with Crippen molar-refractivity contribution in [2.75, 3.05) is 17.2 Å². The fraction of sp³-hybridized carbons (Fsp3) is 0.348. The monoisotopic (exact) mass is 614 g/mol. The normalized spacial score (nSPS) is 18.8. The van der Waals surface area contributed by atoms with Gasteiger partial charge in [0.1, 0.15) is 24.2 Å². The van der Waals surface area contributed by atoms with Gasteiger partial charge in [-0.1, -0.05) is 5.16 Å². The van der Waals surface area contributed by atoms with E-state index in [4.69, 9.17) is 10.6 Å². The van der Waals surface area contributed by atoms with Crippen LogP contribution in [-0.2, 0) is 31.1 Å². The van der Waals surface area contributed by atoms with Crippen LogP contribution in [0.1, 0.15) is 19.5 Å². The van der Waals surface area contributed by atoms with E-state index in [0.29, 0.717) is 17.1 Å². The number of nitrogens with zero attached hydrogens (tertiary/aromatic N) is 4. The van der Waals surface area contributed by atoms with Crippen molar-refractivity contribution >= 4 is 69.5 Å². The van der Waals surface area contributed by atoms with Crippen molar-refractivity contribution < 1.29 is 68.4 Å². The van der Waals surface area contributed by atoms with Crippen LogP contribution in [0.25, 0.3) is 0 Å². The molecule has 0 spiro atoms. The molecule has 2 aromatic rings. The summed E-state index contributed by atoms with van der Waals surface area (Å²) in [5.74, 6) is -3.92. The number of anilines is 1. The first-order chi connectivity index (χ1) is 18.4. The Kier molecular flexibility index (Phi) is 10.3. The molecule has 2 aromatic heterocycles. The Labute approximate surface area is 263 Å². The molecule has 0 saturated carbocycles. The molecule has 0 aliphatic carbocycles. The first-order valence-electron chi connectivity index (χ1n) is 11.3. The van der Waals surface area contributed by atoms with Crippen LogP contribution >= 0.6 is 34.9 Å². The summed E-state index contributed by atoms with van der Waals surface area (Å²) < 4.78 is 1.88. The van der Waals surface area contributed by atoms with Gasteiger partial charge < -0.3 is 35.7 Å². The van der Waals surface area contributed by atoms with Crippen molar-refractivity contribution in [3.8, 4) is 0 Å². The Bertz CT molecular complexity index is 1400. The molecule has 2 amide bonds. The summed E-state index contributed by atoms with van der Waals surface area (Å²) in [5, 5.41) is 30.4. The molecular weight excluding hydrogens is 591 g/mol. The number of carbonyl (C=O) groups excluding carboxylic acids is 4. The SMILES string of the molecule is C[n+]1ccc(SCC2=C(C(=O)[O-])N3C(=O)[C@@H](NC(=O)/C(=N\OC(C)(C)C(=O)[O-])c4csc(N)n4)[C@H]3SC2)cc1.[Na+]. The number of carboxylic acid groups (broad SMARTS) is 2. The van der Waals surface area contributed by atoms with Gasteiger partial charge >= 0.3 is 29.6 Å². The zero-order valence-corrected chi connectivity index (χ0v) is 26.4. The predicted molar refractivity (Wildman–Crippen MR) is 139 cm³/mol. The number of pyridine rings is 1. The summed E-state index contributed by atoms with van der Waals surface area (Å²) in [6, 6.07) is 2.72. The second-order valence-electron chi connectivity index (χ2n) is 8.99. The number of nitrogens with two attached hydrogens (primary N) is 1. The van der Waals surface area contributed by atoms with E-state index in [1.165, 1.54) is 42.8 Å². The van der Waals surface area contributed by atoms with E-state index in [0.717, 1.165) is 21.1 Å². The van der Waals surface area contributed by atoms with E-state index in [9.17, 15) is 29.4 Å². The van der Waals surface area contributed by atoms with Gasteiger partial charge in [-0.05, 0) is 19.4 Å². The summed E-state index contributed by atoms with van der Waals surface area (Å²) in [5.41, 5.74) is 3.72. The number of aryl methyl sites for hydroxylation is 1. The van der Waals surface area contributed by atoms with Crippen molar-refractivity contribution in [3.63, 3.8) is 0 Å². The number of thiazole rings is 1. The first kappa shape index (κ1) is 31.9. The maximum absolute atomic E-state index is 13.1. The van der Waals surface area contributed by atoms with E-state index in [2.05, 4.69) is 15.5 Å². The van der Waals surface area contributed by atoms with Crippen LogP contribution in [0.3, 0.4) is 0 Å². The third-order valence-electron chi connectivity index (χ3n) is 5.72. The number of amides is 2. The Morgan fingerprint density at radius 1 is 1.32 bits per heavy atom. The van der Waals surface area contributed by atoms with Crippen LogP contribution < -0.4 is 55.4 Å². The van der Waals surface area contributed by atoms with Gasteiger partial charge in [0, 0.05) is 33.9 Å². The number of thioether (sulfide) groups is 2. The Balaban J connectivity index is 0.00000441. The Morgan fingerprint density at radius 2 is 2.00 bits per heavy atom. The summed E-state index contributed by atoms with van der Waals surface area (Å²) in [6.45, 7) is 2.37. The van der Waals surface area contributed by atoms with Crippen LogP contribution in [-0.4, -0.2) is 67.9 Å². The number of hydrogen-bond acceptors (Lipinski definition) is 13. The maximum Gasteiger partial charge on any atom is 1.00 e. The second kappa shape index (κ2) is 12.9. The molecule has 0 unspecified atom stereocenters. The number of oxime groups is 1. The molecule has 0 radical (unpaired) electrons. The summed E-state index contributed by atoms with van der Waals surface area (Å²) in [6.07, 6.45) is 3.74. The van der Waals surface area contributed by atoms with Crippen molar-refractivity contribution in [3.05, 3.63) is 46.9 Å². The molecule has 2 aliphatic rings. The third-order valence-corrected chi connectivity index (χ3v) is 8.84. The van der Waals surface area contributed by atoms with Crippen LogP contribution in [0.4, 0.5) is 5.13 Å². The average molecular weight is 615 g/mol. The number of carbonyl (C=O) groups is 4. The molecular formula is C23H23N6NaO7S3. The quantitative estimate of drug-likeness (QED) is 0.0650. The van der Waals surface area contributed by atoms with E-state index >= 15 is 0 Å². The summed E-state index contributed by atoms with van der Waals surface area (Å²) in [4.78, 5) is 60.6. The number of hydrogen-bond donors (Lipinski definition) is 2. The molecule has 1 fully saturated rings. The molecule has 0 bridgehead atoms. The number of rotatable bonds is 10. The molecule has 0 aromatic carbocycles. The molecule has 2 atom stereocenters. The standard InChI is InChI=1S/C23H24N6O7S3.Na/c1-23(2,21(34)35)36-27-14(13-10-39-22(24)25-13)17(30)26-15-18(31)29-16(20(32)33)11(9-38-19(15)29)8-37-12-4-6-28(3)7-5-12;/h4-7,10,15,19H,8-9H2,1-3H3,(H4-,24,25,26,30,32,33,34,35);/q;+1/p-1/b27-14-;/t15-,19-;/m1./s1. The number of β-lactam (4-membered cyclic amide) rings is 1. The fourth-order valence-corrected chi connectivity index (χ4v) is 6.46. The molecule has 3 N–H and O–H groups in total. The largest absolute Gasteiger partial charge is 1.00 e. The maximum atomic E-state index is 13.1. The Hall–Kier alpha value is -2.63. The fourth-order valence-electron chi connectivity index (χ4n) is 3.54. The third kappa shape index (κ3) is 6.80. The van der Waals surface area contributed by atoms with Gasteiger partial charge in [-0.15, -0.1) is 34.9 Å². The molecule has 17 heteroatoms. The number of aromatic nitrogens is 2. The van der Waals surface area contributed by atoms with Gasteiger partial charge in [0.05, 0.1) is 17.6 Å². The van der Waals surface area contributed by atoms with Crippen molar-refractivity contribution in [1.29, 1.82) is 0 Å². The molecule has 2 aliphatic heterocycles. The van der Waals surface area contributed by atoms with E-state index < -0.39 is 46.5 Å². The smallest absolute Gasteiger partial charge is 0.546 e. The number of carboxylic acids is 2. The van der Waals surface area contributed by atoms with Crippen LogP contribution in [0, 0.1) is 0 Å². The van der Waals surface area contributed by atoms with E-state index in [1.54, 1.807) is 0 Å². The summed E-state index contributed by atoms with van der Waals surface area (Å²) >= 11 is 3.75. The minimum Gasteiger partial charge on any atom is -0.546 e. The van der Waals surface area contributed by atoms with Gasteiger partial charge in [0.2, 0.25) is 0 Å². The molecule has 13 nitrogen and oxygen atoms in total. The minimum atomic E-state index is -1.87. The molecule has 4 heterocycles. The topological polar surface area (TPSA) is 194 Å². The van der Waals surface area contributed by atoms with Crippen LogP contribution in [0.5, 0.6) is 0 Å². The molecule has 40 heavy (non-hydrogen) atoms. The van der Waals surface area contributed by atoms with E-state index in [1.807, 2.05) is 36.1 Å². The number of fused-ring (bicyclic) bond motifs is 1. The number of nitrogens with one attached hydrogen (secondary N) is 1. The van der Waals surface area contributed by atoms with Gasteiger partial charge in [0.15, 0.2) is 28.8 Å². The van der Waals surface area contributed by atoms with Gasteiger partial charge in [-0.2, -0.15) is 0 Å². The molecule has 1 saturated heterocycles.